The van der Waals surface area contributed by atoms with Crippen LogP contribution in [0.4, 0.5) is 10.1 Å². The third-order valence-corrected chi connectivity index (χ3v) is 5.44. The summed E-state index contributed by atoms with van der Waals surface area (Å²) in [6.45, 7) is 4.01. The van der Waals surface area contributed by atoms with Gasteiger partial charge in [0.05, 0.1) is 5.69 Å². The minimum atomic E-state index is -0.283. The molecular weight excluding hydrogens is 371 g/mol. The van der Waals surface area contributed by atoms with Crippen LogP contribution in [0.15, 0.2) is 72.4 Å². The van der Waals surface area contributed by atoms with Gasteiger partial charge in [0.1, 0.15) is 10.7 Å². The molecule has 2 aromatic carbocycles. The van der Waals surface area contributed by atoms with Crippen LogP contribution >= 0.6 is 11.3 Å². The second-order valence-electron chi connectivity index (χ2n) is 6.75. The fraction of sp³-hybridized carbons (Fsp3) is 0.0870. The lowest BCUT2D eigenvalue weighted by molar-refractivity contribution is 0.103. The van der Waals surface area contributed by atoms with Gasteiger partial charge in [-0.2, -0.15) is 0 Å². The molecule has 28 heavy (non-hydrogen) atoms. The topological polar surface area (TPSA) is 34.0 Å². The zero-order chi connectivity index (χ0) is 19.7. The first-order chi connectivity index (χ1) is 13.5. The van der Waals surface area contributed by atoms with Gasteiger partial charge in [-0.05, 0) is 66.9 Å². The van der Waals surface area contributed by atoms with Gasteiger partial charge in [0, 0.05) is 29.0 Å². The van der Waals surface area contributed by atoms with Gasteiger partial charge in [0.2, 0.25) is 0 Å². The Balaban J connectivity index is 1.76. The molecule has 4 aromatic rings. The summed E-state index contributed by atoms with van der Waals surface area (Å²) in [5.41, 5.74) is 5.53. The number of hydrogen-bond donors (Lipinski definition) is 1. The molecule has 0 saturated heterocycles. The molecule has 0 radical (unpaired) electrons. The minimum Gasteiger partial charge on any atom is -0.322 e. The monoisotopic (exact) mass is 390 g/mol. The Bertz CT molecular complexity index is 1110. The maximum absolute atomic E-state index is 13.4. The van der Waals surface area contributed by atoms with Crippen molar-refractivity contribution in [3.05, 3.63) is 94.2 Å². The normalized spacial score (nSPS) is 10.8. The molecule has 0 unspecified atom stereocenters. The molecule has 3 nitrogen and oxygen atoms in total. The molecule has 140 valence electrons. The van der Waals surface area contributed by atoms with E-state index in [-0.39, 0.29) is 11.7 Å². The molecule has 0 aliphatic rings. The van der Waals surface area contributed by atoms with E-state index in [4.69, 9.17) is 0 Å². The van der Waals surface area contributed by atoms with Crippen LogP contribution in [0.5, 0.6) is 0 Å². The van der Waals surface area contributed by atoms with E-state index in [2.05, 4.69) is 11.4 Å². The van der Waals surface area contributed by atoms with Gasteiger partial charge >= 0.3 is 0 Å². The molecule has 2 aromatic heterocycles. The minimum absolute atomic E-state index is 0.160. The molecule has 5 heteroatoms. The number of hydrogen-bond acceptors (Lipinski definition) is 2. The van der Waals surface area contributed by atoms with E-state index in [9.17, 15) is 9.18 Å². The maximum Gasteiger partial charge on any atom is 0.267 e. The first-order valence-corrected chi connectivity index (χ1v) is 9.79. The van der Waals surface area contributed by atoms with E-state index in [0.717, 1.165) is 33.6 Å². The van der Waals surface area contributed by atoms with Crippen molar-refractivity contribution in [1.82, 2.24) is 4.57 Å². The predicted molar refractivity (Wildman–Crippen MR) is 113 cm³/mol. The van der Waals surface area contributed by atoms with Crippen molar-refractivity contribution in [2.45, 2.75) is 13.8 Å². The SMILES string of the molecule is Cc1cc(C)cc(NC(=O)c2scc(-c3ccc(F)cc3)c2-n2cccc2)c1. The van der Waals surface area contributed by atoms with Crippen molar-refractivity contribution >= 4 is 22.9 Å². The Labute approximate surface area is 167 Å². The number of rotatable bonds is 4. The summed E-state index contributed by atoms with van der Waals surface area (Å²) in [5.74, 6) is -0.443. The van der Waals surface area contributed by atoms with Crippen LogP contribution < -0.4 is 5.32 Å². The average molecular weight is 390 g/mol. The van der Waals surface area contributed by atoms with Crippen LogP contribution in [0.25, 0.3) is 16.8 Å². The number of carbonyl (C=O) groups excluding carboxylic acids is 1. The highest BCUT2D eigenvalue weighted by molar-refractivity contribution is 7.13. The zero-order valence-corrected chi connectivity index (χ0v) is 16.4. The average Bonchev–Trinajstić information content (AvgIpc) is 3.31. The number of benzene rings is 2. The number of anilines is 1. The fourth-order valence-electron chi connectivity index (χ4n) is 3.32. The van der Waals surface area contributed by atoms with Crippen LogP contribution in [0, 0.1) is 19.7 Å². The van der Waals surface area contributed by atoms with Crippen molar-refractivity contribution in [3.8, 4) is 16.8 Å². The predicted octanol–water partition coefficient (Wildman–Crippen LogP) is 6.21. The van der Waals surface area contributed by atoms with Gasteiger partial charge in [-0.1, -0.05) is 18.2 Å². The Hall–Kier alpha value is -3.18. The summed E-state index contributed by atoms with van der Waals surface area (Å²) in [6.07, 6.45) is 3.81. The summed E-state index contributed by atoms with van der Waals surface area (Å²) in [6, 6.07) is 16.1. The van der Waals surface area contributed by atoms with Gasteiger partial charge in [-0.3, -0.25) is 4.79 Å². The molecule has 0 aliphatic carbocycles. The molecule has 0 spiro atoms. The quantitative estimate of drug-likeness (QED) is 0.441. The van der Waals surface area contributed by atoms with E-state index >= 15 is 0 Å². The first-order valence-electron chi connectivity index (χ1n) is 8.92. The number of halogens is 1. The van der Waals surface area contributed by atoms with Crippen molar-refractivity contribution in [2.24, 2.45) is 0 Å². The number of carbonyl (C=O) groups is 1. The van der Waals surface area contributed by atoms with Crippen LogP contribution in [0.3, 0.4) is 0 Å². The number of aromatic nitrogens is 1. The molecule has 2 heterocycles. The Kier molecular flexibility index (Phi) is 4.84. The van der Waals surface area contributed by atoms with E-state index in [0.29, 0.717) is 4.88 Å². The lowest BCUT2D eigenvalue weighted by Gasteiger charge is -2.11. The number of aryl methyl sites for hydroxylation is 2. The number of nitrogens with zero attached hydrogens (tertiary/aromatic N) is 1. The lowest BCUT2D eigenvalue weighted by Crippen LogP contribution is -2.13. The van der Waals surface area contributed by atoms with Gasteiger partial charge in [0.25, 0.3) is 5.91 Å². The van der Waals surface area contributed by atoms with Crippen molar-refractivity contribution in [3.63, 3.8) is 0 Å². The molecule has 4 rings (SSSR count). The molecule has 1 N–H and O–H groups in total. The summed E-state index contributed by atoms with van der Waals surface area (Å²) in [4.78, 5) is 13.7. The molecule has 0 bridgehead atoms. The number of nitrogens with one attached hydrogen (secondary N) is 1. The Morgan fingerprint density at radius 3 is 2.29 bits per heavy atom. The third kappa shape index (κ3) is 3.62. The van der Waals surface area contributed by atoms with E-state index in [1.54, 1.807) is 12.1 Å². The number of amides is 1. The second kappa shape index (κ2) is 7.44. The van der Waals surface area contributed by atoms with Gasteiger partial charge in [-0.15, -0.1) is 11.3 Å². The molecule has 0 atom stereocenters. The van der Waals surface area contributed by atoms with E-state index in [1.165, 1.54) is 23.5 Å². The Morgan fingerprint density at radius 2 is 1.64 bits per heavy atom. The summed E-state index contributed by atoms with van der Waals surface area (Å²) >= 11 is 1.38. The second-order valence-corrected chi connectivity index (χ2v) is 7.63. The Morgan fingerprint density at radius 1 is 1.00 bits per heavy atom. The summed E-state index contributed by atoms with van der Waals surface area (Å²) in [7, 11) is 0. The highest BCUT2D eigenvalue weighted by Crippen LogP contribution is 2.35. The standard InChI is InChI=1S/C23H19FN2OS/c1-15-11-16(2)13-19(12-15)25-23(27)22-21(26-9-3-4-10-26)20(14-28-22)17-5-7-18(24)8-6-17/h3-14H,1-2H3,(H,25,27). The maximum atomic E-state index is 13.4. The highest BCUT2D eigenvalue weighted by atomic mass is 32.1. The van der Waals surface area contributed by atoms with E-state index in [1.807, 2.05) is 60.5 Å². The highest BCUT2D eigenvalue weighted by Gasteiger charge is 2.20. The van der Waals surface area contributed by atoms with Crippen LogP contribution in [-0.4, -0.2) is 10.5 Å². The first kappa shape index (κ1) is 18.2. The van der Waals surface area contributed by atoms with Crippen molar-refractivity contribution < 1.29 is 9.18 Å². The zero-order valence-electron chi connectivity index (χ0n) is 15.6. The third-order valence-electron chi connectivity index (χ3n) is 4.47. The lowest BCUT2D eigenvalue weighted by atomic mass is 10.1. The van der Waals surface area contributed by atoms with Gasteiger partial charge < -0.3 is 9.88 Å². The molecule has 0 aliphatic heterocycles. The molecular formula is C23H19FN2OS. The smallest absolute Gasteiger partial charge is 0.267 e. The summed E-state index contributed by atoms with van der Waals surface area (Å²) in [5, 5.41) is 4.96. The van der Waals surface area contributed by atoms with Crippen molar-refractivity contribution in [1.29, 1.82) is 0 Å². The van der Waals surface area contributed by atoms with Crippen LogP contribution in [-0.2, 0) is 0 Å². The molecule has 0 saturated carbocycles. The van der Waals surface area contributed by atoms with E-state index < -0.39 is 0 Å². The summed E-state index contributed by atoms with van der Waals surface area (Å²) < 4.78 is 15.3. The van der Waals surface area contributed by atoms with Crippen LogP contribution in [0.1, 0.15) is 20.8 Å². The number of thiophene rings is 1. The molecule has 1 amide bonds. The fourth-order valence-corrected chi connectivity index (χ4v) is 4.29. The van der Waals surface area contributed by atoms with Gasteiger partial charge in [-0.25, -0.2) is 4.39 Å². The van der Waals surface area contributed by atoms with Crippen LogP contribution in [0.2, 0.25) is 0 Å². The van der Waals surface area contributed by atoms with Gasteiger partial charge in [0.15, 0.2) is 0 Å². The molecule has 0 fully saturated rings. The van der Waals surface area contributed by atoms with Crippen molar-refractivity contribution in [2.75, 3.05) is 5.32 Å². The largest absolute Gasteiger partial charge is 0.322 e.